The van der Waals surface area contributed by atoms with Crippen molar-refractivity contribution in [3.05, 3.63) is 216 Å². The second-order valence-electron chi connectivity index (χ2n) is 15.2. The fraction of sp³-hybridized carbons (Fsp3) is 0.0566. The smallest absolute Gasteiger partial charge is 0.0931 e. The van der Waals surface area contributed by atoms with Crippen molar-refractivity contribution in [2.24, 2.45) is 0 Å². The average molecular weight is 699 g/mol. The lowest BCUT2D eigenvalue weighted by Gasteiger charge is -2.31. The van der Waals surface area contributed by atoms with Crippen LogP contribution in [0.2, 0.25) is 0 Å². The maximum Gasteiger partial charge on any atom is 0.0931 e. The van der Waals surface area contributed by atoms with E-state index in [4.69, 9.17) is 9.97 Å². The maximum atomic E-state index is 5.52. The molecule has 0 aliphatic heterocycles. The van der Waals surface area contributed by atoms with Crippen molar-refractivity contribution in [3.8, 4) is 33.5 Å². The molecule has 0 fully saturated rings. The molecule has 0 bridgehead atoms. The number of hydrogen-bond acceptors (Lipinski definition) is 2. The van der Waals surface area contributed by atoms with Crippen LogP contribution < -0.4 is 0 Å². The topological polar surface area (TPSA) is 25.8 Å². The Morgan fingerprint density at radius 2 is 1.11 bits per heavy atom. The van der Waals surface area contributed by atoms with E-state index >= 15 is 0 Å². The number of hydrogen-bond donors (Lipinski definition) is 0. The first kappa shape index (κ1) is 30.6. The number of fused-ring (bicyclic) bond motifs is 12. The van der Waals surface area contributed by atoms with Crippen molar-refractivity contribution in [2.75, 3.05) is 0 Å². The second-order valence-corrected chi connectivity index (χ2v) is 15.2. The molecule has 0 radical (unpaired) electrons. The first-order chi connectivity index (χ1) is 27.3. The maximum absolute atomic E-state index is 5.52. The lowest BCUT2D eigenvalue weighted by molar-refractivity contribution is 0.766. The van der Waals surface area contributed by atoms with Gasteiger partial charge >= 0.3 is 0 Å². The van der Waals surface area contributed by atoms with Gasteiger partial charge in [0.15, 0.2) is 0 Å². The zero-order valence-electron chi connectivity index (χ0n) is 30.1. The van der Waals surface area contributed by atoms with Crippen LogP contribution in [-0.2, 0) is 6.42 Å². The minimum absolute atomic E-state index is 0.0141. The Balaban J connectivity index is 1.12. The Morgan fingerprint density at radius 3 is 1.98 bits per heavy atom. The van der Waals surface area contributed by atoms with Gasteiger partial charge in [0.1, 0.15) is 0 Å². The molecule has 2 heteroatoms. The molecule has 1 aromatic heterocycles. The van der Waals surface area contributed by atoms with Crippen LogP contribution >= 0.6 is 0 Å². The Bertz CT molecular complexity index is 3210. The normalized spacial score (nSPS) is 15.6. The van der Waals surface area contributed by atoms with Crippen LogP contribution in [0.4, 0.5) is 0 Å². The molecule has 0 spiro atoms. The third-order valence-corrected chi connectivity index (χ3v) is 12.3. The number of aromatic nitrogens is 2. The second kappa shape index (κ2) is 11.8. The summed E-state index contributed by atoms with van der Waals surface area (Å²) in [5.41, 5.74) is 17.0. The van der Waals surface area contributed by atoms with Gasteiger partial charge in [0.2, 0.25) is 0 Å². The van der Waals surface area contributed by atoms with Crippen molar-refractivity contribution < 1.29 is 0 Å². The summed E-state index contributed by atoms with van der Waals surface area (Å²) in [7, 11) is 0. The highest BCUT2D eigenvalue weighted by molar-refractivity contribution is 6.01. The quantitative estimate of drug-likeness (QED) is 0.184. The highest BCUT2D eigenvalue weighted by Crippen LogP contribution is 2.53. The van der Waals surface area contributed by atoms with Gasteiger partial charge in [0, 0.05) is 17.4 Å². The fourth-order valence-electron chi connectivity index (χ4n) is 9.80. The van der Waals surface area contributed by atoms with E-state index in [1.165, 1.54) is 82.4 Å². The molecule has 2 nitrogen and oxygen atoms in total. The van der Waals surface area contributed by atoms with Crippen LogP contribution in [0.15, 0.2) is 182 Å². The summed E-state index contributed by atoms with van der Waals surface area (Å²) in [4.78, 5) is 10.9. The number of rotatable bonds is 3. The predicted octanol–water partition coefficient (Wildman–Crippen LogP) is 13.3. The van der Waals surface area contributed by atoms with Crippen LogP contribution in [0, 0.1) is 0 Å². The third-order valence-electron chi connectivity index (χ3n) is 12.3. The fourth-order valence-corrected chi connectivity index (χ4v) is 9.80. The van der Waals surface area contributed by atoms with Crippen molar-refractivity contribution in [3.63, 3.8) is 0 Å². The van der Waals surface area contributed by atoms with E-state index in [-0.39, 0.29) is 11.8 Å². The van der Waals surface area contributed by atoms with Crippen molar-refractivity contribution in [2.45, 2.75) is 18.3 Å². The summed E-state index contributed by atoms with van der Waals surface area (Å²) in [6, 6.07) is 67.0. The van der Waals surface area contributed by atoms with E-state index in [0.29, 0.717) is 0 Å². The van der Waals surface area contributed by atoms with Crippen molar-refractivity contribution >= 4 is 43.4 Å². The molecule has 1 heterocycles. The molecule has 55 heavy (non-hydrogen) atoms. The van der Waals surface area contributed by atoms with Gasteiger partial charge in [-0.25, -0.2) is 9.97 Å². The highest BCUT2D eigenvalue weighted by Gasteiger charge is 2.35. The standard InChI is InChI=1S/C53H34N2/c1-2-14-35-29-38(24-21-32(35)11-1)52-53(55-48-20-10-9-19-47(48)54-52)46-31-36-23-22-33-12-3-5-15-39(33)49(36)45-30-37(26-27-42(45)46)50-43-18-8-7-17-41(43)44-28-25-34-13-4-6-16-40(34)51(44)50/h1-30,46,50H,31H2. The Kier molecular flexibility index (Phi) is 6.55. The van der Waals surface area contributed by atoms with Crippen LogP contribution in [0.5, 0.6) is 0 Å². The summed E-state index contributed by atoms with van der Waals surface area (Å²) in [5, 5.41) is 7.60. The van der Waals surface area contributed by atoms with Crippen LogP contribution in [-0.4, -0.2) is 9.97 Å². The van der Waals surface area contributed by atoms with E-state index < -0.39 is 0 Å². The molecule has 2 aliphatic carbocycles. The zero-order chi connectivity index (χ0) is 36.0. The Hall–Kier alpha value is -6.90. The minimum Gasteiger partial charge on any atom is -0.248 e. The van der Waals surface area contributed by atoms with Gasteiger partial charge in [0.05, 0.1) is 22.4 Å². The first-order valence-electron chi connectivity index (χ1n) is 19.3. The largest absolute Gasteiger partial charge is 0.248 e. The molecule has 2 atom stereocenters. The SMILES string of the molecule is c1ccc2c(c1)-c1ccc3ccccc3c1C2c1ccc2c(c1)-c1c(ccc3ccccc13)CC2c1nc2ccccc2nc1-c1ccc2ccccc2c1. The van der Waals surface area contributed by atoms with E-state index in [0.717, 1.165) is 34.4 Å². The molecule has 10 aromatic rings. The van der Waals surface area contributed by atoms with Crippen molar-refractivity contribution in [1.29, 1.82) is 0 Å². The molecule has 0 saturated heterocycles. The summed E-state index contributed by atoms with van der Waals surface area (Å²) in [6.45, 7) is 0. The van der Waals surface area contributed by atoms with Crippen molar-refractivity contribution in [1.82, 2.24) is 9.97 Å². The van der Waals surface area contributed by atoms with E-state index in [2.05, 4.69) is 182 Å². The molecule has 9 aromatic carbocycles. The van der Waals surface area contributed by atoms with Crippen LogP contribution in [0.3, 0.4) is 0 Å². The van der Waals surface area contributed by atoms with Crippen LogP contribution in [0.25, 0.3) is 76.9 Å². The molecule has 2 unspecified atom stereocenters. The summed E-state index contributed by atoms with van der Waals surface area (Å²) < 4.78 is 0. The molecule has 12 rings (SSSR count). The molecule has 2 aliphatic rings. The number of para-hydroxylation sites is 2. The monoisotopic (exact) mass is 698 g/mol. The molecular weight excluding hydrogens is 665 g/mol. The Morgan fingerprint density at radius 1 is 0.436 bits per heavy atom. The van der Waals surface area contributed by atoms with Gasteiger partial charge in [-0.3, -0.25) is 0 Å². The van der Waals surface area contributed by atoms with Gasteiger partial charge in [-0.2, -0.15) is 0 Å². The molecule has 0 saturated carbocycles. The van der Waals surface area contributed by atoms with Gasteiger partial charge < -0.3 is 0 Å². The average Bonchev–Trinajstić information content (AvgIpc) is 3.60. The van der Waals surface area contributed by atoms with Gasteiger partial charge in [0.25, 0.3) is 0 Å². The highest BCUT2D eigenvalue weighted by atomic mass is 14.8. The third kappa shape index (κ3) is 4.61. The summed E-state index contributed by atoms with van der Waals surface area (Å²) in [5.74, 6) is 0.135. The van der Waals surface area contributed by atoms with Gasteiger partial charge in [-0.05, 0) is 113 Å². The molecular formula is C53H34N2. The number of benzene rings is 9. The lowest BCUT2D eigenvalue weighted by atomic mass is 9.73. The zero-order valence-corrected chi connectivity index (χ0v) is 30.1. The van der Waals surface area contributed by atoms with E-state index in [1.807, 2.05) is 0 Å². The van der Waals surface area contributed by atoms with Gasteiger partial charge in [-0.1, -0.05) is 158 Å². The predicted molar refractivity (Wildman–Crippen MR) is 228 cm³/mol. The number of nitrogens with zero attached hydrogens (tertiary/aromatic N) is 2. The van der Waals surface area contributed by atoms with Gasteiger partial charge in [-0.15, -0.1) is 0 Å². The van der Waals surface area contributed by atoms with Crippen LogP contribution in [0.1, 0.15) is 45.3 Å². The first-order valence-corrected chi connectivity index (χ1v) is 19.3. The van der Waals surface area contributed by atoms with E-state index in [9.17, 15) is 0 Å². The Labute approximate surface area is 319 Å². The lowest BCUT2D eigenvalue weighted by Crippen LogP contribution is -2.17. The molecule has 256 valence electrons. The van der Waals surface area contributed by atoms with E-state index in [1.54, 1.807) is 0 Å². The molecule has 0 N–H and O–H groups in total. The molecule has 0 amide bonds. The minimum atomic E-state index is 0.0141. The summed E-state index contributed by atoms with van der Waals surface area (Å²) >= 11 is 0. The summed E-state index contributed by atoms with van der Waals surface area (Å²) in [6.07, 6.45) is 0.847.